The number of aliphatic hydroxyl groups excluding tert-OH is 1. The molecule has 1 saturated carbocycles. The Bertz CT molecular complexity index is 593. The maximum atomic E-state index is 14.1. The maximum Gasteiger partial charge on any atom is 0.160 e. The van der Waals surface area contributed by atoms with Crippen LogP contribution in [0.2, 0.25) is 0 Å². The van der Waals surface area contributed by atoms with E-state index in [1.54, 1.807) is 0 Å². The smallest absolute Gasteiger partial charge is 0.160 e. The second kappa shape index (κ2) is 9.07. The Hall–Kier alpha value is -1.30. The van der Waals surface area contributed by atoms with E-state index < -0.39 is 11.6 Å². The van der Waals surface area contributed by atoms with E-state index in [0.29, 0.717) is 25.0 Å². The molecule has 3 rings (SSSR count). The average molecular weight is 366 g/mol. The van der Waals surface area contributed by atoms with Crippen LogP contribution in [0.3, 0.4) is 0 Å². The third kappa shape index (κ3) is 4.51. The van der Waals surface area contributed by atoms with Crippen molar-refractivity contribution < 1.29 is 23.4 Å². The summed E-state index contributed by atoms with van der Waals surface area (Å²) in [6.07, 6.45) is 7.61. The van der Waals surface area contributed by atoms with E-state index in [0.717, 1.165) is 31.2 Å². The van der Waals surface area contributed by atoms with Crippen LogP contribution >= 0.6 is 0 Å². The minimum atomic E-state index is -0.551. The van der Waals surface area contributed by atoms with E-state index in [1.165, 1.54) is 12.1 Å². The van der Waals surface area contributed by atoms with E-state index >= 15 is 0 Å². The lowest BCUT2D eigenvalue weighted by atomic mass is 9.78. The van der Waals surface area contributed by atoms with Gasteiger partial charge in [0.1, 0.15) is 11.6 Å². The number of hydrogen-bond donors (Lipinski definition) is 1. The third-order valence-corrected chi connectivity index (χ3v) is 5.57. The second-order valence-electron chi connectivity index (χ2n) is 7.37. The Morgan fingerprint density at radius 2 is 1.69 bits per heavy atom. The van der Waals surface area contributed by atoms with Gasteiger partial charge in [-0.25, -0.2) is 8.78 Å². The first-order chi connectivity index (χ1) is 12.6. The SMILES string of the molecule is C/C=C/C1COC(C2CCC(c3cc(F)c(CCO)c(F)c3)CC2)OC1. The quantitative estimate of drug-likeness (QED) is 0.788. The van der Waals surface area contributed by atoms with E-state index in [-0.39, 0.29) is 30.8 Å². The number of hydrogen-bond acceptors (Lipinski definition) is 3. The molecular weight excluding hydrogens is 338 g/mol. The Balaban J connectivity index is 1.56. The highest BCUT2D eigenvalue weighted by Crippen LogP contribution is 2.39. The summed E-state index contributed by atoms with van der Waals surface area (Å²) < 4.78 is 40.0. The van der Waals surface area contributed by atoms with Crippen molar-refractivity contribution >= 4 is 0 Å². The van der Waals surface area contributed by atoms with Crippen LogP contribution < -0.4 is 0 Å². The molecule has 0 unspecified atom stereocenters. The number of aliphatic hydroxyl groups is 1. The van der Waals surface area contributed by atoms with Crippen LogP contribution in [-0.2, 0) is 15.9 Å². The van der Waals surface area contributed by atoms with Crippen molar-refractivity contribution in [3.05, 3.63) is 47.0 Å². The summed E-state index contributed by atoms with van der Waals surface area (Å²) >= 11 is 0. The first kappa shape index (κ1) is 19.5. The van der Waals surface area contributed by atoms with Crippen molar-refractivity contribution in [1.82, 2.24) is 0 Å². The van der Waals surface area contributed by atoms with Crippen LogP contribution in [0.25, 0.3) is 0 Å². The molecule has 1 aromatic carbocycles. The van der Waals surface area contributed by atoms with Crippen molar-refractivity contribution in [3.63, 3.8) is 0 Å². The van der Waals surface area contributed by atoms with Gasteiger partial charge in [0.15, 0.2) is 6.29 Å². The van der Waals surface area contributed by atoms with Crippen LogP contribution in [0.5, 0.6) is 0 Å². The van der Waals surface area contributed by atoms with Gasteiger partial charge in [-0.1, -0.05) is 12.2 Å². The fourth-order valence-corrected chi connectivity index (χ4v) is 4.12. The standard InChI is InChI=1S/C21H28F2O3/c1-2-3-14-12-25-21(26-13-14)16-6-4-15(5-7-16)17-10-19(22)18(8-9-24)20(23)11-17/h2-3,10-11,14-16,21,24H,4-9,12-13H2,1H3/b3-2+. The van der Waals surface area contributed by atoms with Crippen LogP contribution in [0.4, 0.5) is 8.78 Å². The van der Waals surface area contributed by atoms with Crippen LogP contribution in [0, 0.1) is 23.5 Å². The molecule has 1 saturated heterocycles. The molecule has 0 atom stereocenters. The van der Waals surface area contributed by atoms with Crippen molar-refractivity contribution in [2.45, 2.75) is 51.2 Å². The number of ether oxygens (including phenoxy) is 2. The number of allylic oxidation sites excluding steroid dienone is 1. The summed E-state index contributed by atoms with van der Waals surface area (Å²) in [6, 6.07) is 2.88. The molecular formula is C21H28F2O3. The summed E-state index contributed by atoms with van der Waals surface area (Å²) in [5, 5.41) is 8.93. The fraction of sp³-hybridized carbons (Fsp3) is 0.619. The topological polar surface area (TPSA) is 38.7 Å². The van der Waals surface area contributed by atoms with Crippen molar-refractivity contribution in [3.8, 4) is 0 Å². The molecule has 5 heteroatoms. The van der Waals surface area contributed by atoms with Gasteiger partial charge >= 0.3 is 0 Å². The summed E-state index contributed by atoms with van der Waals surface area (Å²) in [4.78, 5) is 0. The minimum absolute atomic E-state index is 0.00919. The van der Waals surface area contributed by atoms with E-state index in [9.17, 15) is 8.78 Å². The molecule has 1 N–H and O–H groups in total. The number of benzene rings is 1. The van der Waals surface area contributed by atoms with Crippen molar-refractivity contribution in [2.24, 2.45) is 11.8 Å². The van der Waals surface area contributed by atoms with Crippen LogP contribution in [0.1, 0.15) is 49.7 Å². The van der Waals surface area contributed by atoms with Gasteiger partial charge in [0.2, 0.25) is 0 Å². The van der Waals surface area contributed by atoms with Gasteiger partial charge in [-0.15, -0.1) is 0 Å². The van der Waals surface area contributed by atoms with Crippen molar-refractivity contribution in [1.29, 1.82) is 0 Å². The largest absolute Gasteiger partial charge is 0.396 e. The molecule has 26 heavy (non-hydrogen) atoms. The molecule has 0 amide bonds. The lowest BCUT2D eigenvalue weighted by Crippen LogP contribution is -2.37. The van der Waals surface area contributed by atoms with Gasteiger partial charge in [-0.2, -0.15) is 0 Å². The Labute approximate surface area is 154 Å². The first-order valence-corrected chi connectivity index (χ1v) is 9.57. The predicted molar refractivity (Wildman–Crippen MR) is 95.8 cm³/mol. The molecule has 3 nitrogen and oxygen atoms in total. The number of rotatable bonds is 5. The van der Waals surface area contributed by atoms with Gasteiger partial charge in [0.05, 0.1) is 13.2 Å². The van der Waals surface area contributed by atoms with Gasteiger partial charge < -0.3 is 14.6 Å². The Kier molecular flexibility index (Phi) is 6.79. The molecule has 0 bridgehead atoms. The second-order valence-corrected chi connectivity index (χ2v) is 7.37. The average Bonchev–Trinajstić information content (AvgIpc) is 2.66. The summed E-state index contributed by atoms with van der Waals surface area (Å²) in [6.45, 7) is 3.12. The molecule has 1 aromatic rings. The van der Waals surface area contributed by atoms with Crippen molar-refractivity contribution in [2.75, 3.05) is 19.8 Å². The lowest BCUT2D eigenvalue weighted by Gasteiger charge is -2.37. The molecule has 2 fully saturated rings. The van der Waals surface area contributed by atoms with Crippen LogP contribution in [-0.4, -0.2) is 31.2 Å². The summed E-state index contributed by atoms with van der Waals surface area (Å²) in [5.41, 5.74) is 0.698. The normalized spacial score (nSPS) is 30.0. The van der Waals surface area contributed by atoms with E-state index in [1.807, 2.05) is 13.0 Å². The van der Waals surface area contributed by atoms with Gasteiger partial charge in [-0.05, 0) is 56.2 Å². The highest BCUT2D eigenvalue weighted by Gasteiger charge is 2.32. The molecule has 1 heterocycles. The molecule has 1 aliphatic carbocycles. The van der Waals surface area contributed by atoms with E-state index in [4.69, 9.17) is 14.6 Å². The Morgan fingerprint density at radius 3 is 2.23 bits per heavy atom. The highest BCUT2D eigenvalue weighted by molar-refractivity contribution is 5.29. The van der Waals surface area contributed by atoms with Crippen LogP contribution in [0.15, 0.2) is 24.3 Å². The highest BCUT2D eigenvalue weighted by atomic mass is 19.1. The summed E-state index contributed by atoms with van der Waals surface area (Å²) in [7, 11) is 0. The zero-order valence-electron chi connectivity index (χ0n) is 15.3. The molecule has 0 aromatic heterocycles. The maximum absolute atomic E-state index is 14.1. The minimum Gasteiger partial charge on any atom is -0.396 e. The Morgan fingerprint density at radius 1 is 1.08 bits per heavy atom. The molecule has 1 aliphatic heterocycles. The molecule has 2 aliphatic rings. The lowest BCUT2D eigenvalue weighted by molar-refractivity contribution is -0.222. The molecule has 144 valence electrons. The zero-order valence-corrected chi connectivity index (χ0v) is 15.3. The fourth-order valence-electron chi connectivity index (χ4n) is 4.12. The predicted octanol–water partition coefficient (Wildman–Crippen LogP) is 4.34. The molecule has 0 spiro atoms. The third-order valence-electron chi connectivity index (χ3n) is 5.57. The summed E-state index contributed by atoms with van der Waals surface area (Å²) in [5.74, 6) is -0.259. The van der Waals surface area contributed by atoms with Gasteiger partial charge in [0, 0.05) is 30.4 Å². The first-order valence-electron chi connectivity index (χ1n) is 9.57. The van der Waals surface area contributed by atoms with Gasteiger partial charge in [0.25, 0.3) is 0 Å². The monoisotopic (exact) mass is 366 g/mol. The van der Waals surface area contributed by atoms with Gasteiger partial charge in [-0.3, -0.25) is 0 Å². The van der Waals surface area contributed by atoms with E-state index in [2.05, 4.69) is 6.08 Å². The molecule has 0 radical (unpaired) electrons. The number of halogens is 2. The zero-order chi connectivity index (χ0) is 18.5.